The molecule has 2 aliphatic rings. The second-order valence-corrected chi connectivity index (χ2v) is 10.3. The van der Waals surface area contributed by atoms with Gasteiger partial charge in [0.1, 0.15) is 0 Å². The van der Waals surface area contributed by atoms with E-state index in [1.54, 1.807) is 0 Å². The quantitative estimate of drug-likeness (QED) is 0.398. The minimum absolute atomic E-state index is 0.160. The van der Waals surface area contributed by atoms with E-state index >= 15 is 0 Å². The van der Waals surface area contributed by atoms with Crippen molar-refractivity contribution in [1.29, 1.82) is 5.26 Å². The number of halogens is 1. The fourth-order valence-corrected chi connectivity index (χ4v) is 5.51. The van der Waals surface area contributed by atoms with E-state index in [4.69, 9.17) is 16.3 Å². The molecule has 38 heavy (non-hydrogen) atoms. The molecule has 0 radical (unpaired) electrons. The smallest absolute Gasteiger partial charge is 0.240 e. The van der Waals surface area contributed by atoms with E-state index in [-0.39, 0.29) is 11.9 Å². The van der Waals surface area contributed by atoms with Crippen molar-refractivity contribution in [2.24, 2.45) is 0 Å². The van der Waals surface area contributed by atoms with Crippen LogP contribution in [-0.2, 0) is 29.2 Å². The molecule has 0 saturated carbocycles. The number of rotatable bonds is 10. The van der Waals surface area contributed by atoms with Gasteiger partial charge < -0.3 is 14.2 Å². The van der Waals surface area contributed by atoms with Crippen LogP contribution in [0.5, 0.6) is 0 Å². The Kier molecular flexibility index (Phi) is 8.72. The largest absolute Gasteiger partial charge is 0.379 e. The number of aromatic nitrogens is 2. The average Bonchev–Trinajstić information content (AvgIpc) is 3.53. The summed E-state index contributed by atoms with van der Waals surface area (Å²) in [6.07, 6.45) is 4.47. The van der Waals surface area contributed by atoms with Gasteiger partial charge in [-0.1, -0.05) is 41.9 Å². The Labute approximate surface area is 229 Å². The average molecular weight is 533 g/mol. The summed E-state index contributed by atoms with van der Waals surface area (Å²) in [6.45, 7) is 7.45. The van der Waals surface area contributed by atoms with Crippen LogP contribution in [0.15, 0.2) is 61.1 Å². The highest BCUT2D eigenvalue weighted by atomic mass is 35.5. The summed E-state index contributed by atoms with van der Waals surface area (Å²) >= 11 is 6.18. The van der Waals surface area contributed by atoms with Gasteiger partial charge in [-0.2, -0.15) is 5.26 Å². The highest BCUT2D eigenvalue weighted by molar-refractivity contribution is 6.30. The number of hydrogen-bond acceptors (Lipinski definition) is 6. The number of amides is 1. The predicted molar refractivity (Wildman–Crippen MR) is 145 cm³/mol. The second kappa shape index (κ2) is 12.5. The standard InChI is InChI=1S/C29H33ClN6O2/c30-26-7-3-4-23(16-26)19-35-9-8-28(29(35)37)34(11-10-33-12-14-38-15-13-33)21-27-18-32-22-36(27)20-25-6-2-1-5-24(25)17-31/h1-7,16,18,22,28H,8-15,19-21H2. The third-order valence-electron chi connectivity index (χ3n) is 7.42. The van der Waals surface area contributed by atoms with Gasteiger partial charge >= 0.3 is 0 Å². The fourth-order valence-electron chi connectivity index (χ4n) is 5.29. The lowest BCUT2D eigenvalue weighted by Crippen LogP contribution is -2.46. The van der Waals surface area contributed by atoms with Gasteiger partial charge in [-0.25, -0.2) is 4.98 Å². The maximum atomic E-state index is 13.6. The SMILES string of the molecule is N#Cc1ccccc1Cn1cncc1CN(CCN1CCOCC1)C1CCN(Cc2cccc(Cl)c2)C1=O. The van der Waals surface area contributed by atoms with E-state index in [0.717, 1.165) is 69.2 Å². The molecule has 3 heterocycles. The third kappa shape index (κ3) is 6.43. The number of carbonyl (C=O) groups excluding carboxylic acids is 1. The minimum Gasteiger partial charge on any atom is -0.379 e. The van der Waals surface area contributed by atoms with Gasteiger partial charge in [-0.05, 0) is 35.7 Å². The molecular weight excluding hydrogens is 500 g/mol. The Bertz CT molecular complexity index is 1280. The molecule has 1 unspecified atom stereocenters. The number of morpholine rings is 1. The van der Waals surface area contributed by atoms with Crippen molar-refractivity contribution in [3.8, 4) is 6.07 Å². The van der Waals surface area contributed by atoms with E-state index in [1.807, 2.05) is 66.0 Å². The summed E-state index contributed by atoms with van der Waals surface area (Å²) in [4.78, 5) is 24.7. The number of likely N-dealkylation sites (tertiary alicyclic amines) is 1. The molecule has 2 aliphatic heterocycles. The Morgan fingerprint density at radius 3 is 2.76 bits per heavy atom. The van der Waals surface area contributed by atoms with Crippen LogP contribution in [0.2, 0.25) is 5.02 Å². The van der Waals surface area contributed by atoms with E-state index in [0.29, 0.717) is 30.2 Å². The van der Waals surface area contributed by atoms with Crippen molar-refractivity contribution >= 4 is 17.5 Å². The first-order valence-corrected chi connectivity index (χ1v) is 13.5. The molecule has 9 heteroatoms. The highest BCUT2D eigenvalue weighted by Gasteiger charge is 2.36. The van der Waals surface area contributed by atoms with Crippen LogP contribution in [0.25, 0.3) is 0 Å². The lowest BCUT2D eigenvalue weighted by molar-refractivity contribution is -0.133. The number of benzene rings is 2. The maximum absolute atomic E-state index is 13.6. The van der Waals surface area contributed by atoms with Crippen molar-refractivity contribution in [1.82, 2.24) is 24.3 Å². The first kappa shape index (κ1) is 26.4. The molecular formula is C29H33ClN6O2. The number of ether oxygens (including phenoxy) is 1. The number of carbonyl (C=O) groups is 1. The number of nitriles is 1. The molecule has 2 fully saturated rings. The van der Waals surface area contributed by atoms with Crippen LogP contribution in [0.1, 0.15) is 28.8 Å². The van der Waals surface area contributed by atoms with Gasteiger partial charge in [0.2, 0.25) is 5.91 Å². The Morgan fingerprint density at radius 1 is 1.11 bits per heavy atom. The van der Waals surface area contributed by atoms with Crippen molar-refractivity contribution in [3.63, 3.8) is 0 Å². The Morgan fingerprint density at radius 2 is 1.95 bits per heavy atom. The molecule has 5 rings (SSSR count). The van der Waals surface area contributed by atoms with Crippen LogP contribution in [0, 0.1) is 11.3 Å². The van der Waals surface area contributed by atoms with Gasteiger partial charge in [0.25, 0.3) is 0 Å². The van der Waals surface area contributed by atoms with Crippen LogP contribution in [0.4, 0.5) is 0 Å². The van der Waals surface area contributed by atoms with Crippen LogP contribution >= 0.6 is 11.6 Å². The van der Waals surface area contributed by atoms with Crippen molar-refractivity contribution in [2.45, 2.75) is 32.1 Å². The zero-order valence-electron chi connectivity index (χ0n) is 21.5. The van der Waals surface area contributed by atoms with Crippen molar-refractivity contribution < 1.29 is 9.53 Å². The van der Waals surface area contributed by atoms with Gasteiger partial charge in [0, 0.05) is 57.0 Å². The van der Waals surface area contributed by atoms with E-state index < -0.39 is 0 Å². The summed E-state index contributed by atoms with van der Waals surface area (Å²) in [5.74, 6) is 0.160. The number of imidazole rings is 1. The first-order valence-electron chi connectivity index (χ1n) is 13.1. The molecule has 8 nitrogen and oxygen atoms in total. The summed E-state index contributed by atoms with van der Waals surface area (Å²) in [7, 11) is 0. The topological polar surface area (TPSA) is 77.6 Å². The van der Waals surface area contributed by atoms with Crippen LogP contribution in [0.3, 0.4) is 0 Å². The molecule has 0 N–H and O–H groups in total. The number of hydrogen-bond donors (Lipinski definition) is 0. The summed E-state index contributed by atoms with van der Waals surface area (Å²) in [5.41, 5.74) is 3.69. The summed E-state index contributed by atoms with van der Waals surface area (Å²) in [6, 6.07) is 17.5. The monoisotopic (exact) mass is 532 g/mol. The highest BCUT2D eigenvalue weighted by Crippen LogP contribution is 2.23. The zero-order chi connectivity index (χ0) is 26.3. The lowest BCUT2D eigenvalue weighted by Gasteiger charge is -2.32. The van der Waals surface area contributed by atoms with Gasteiger partial charge in [-0.3, -0.25) is 14.6 Å². The van der Waals surface area contributed by atoms with Gasteiger partial charge in [0.15, 0.2) is 0 Å². The van der Waals surface area contributed by atoms with Crippen LogP contribution in [-0.4, -0.2) is 82.1 Å². The third-order valence-corrected chi connectivity index (χ3v) is 7.66. The zero-order valence-corrected chi connectivity index (χ0v) is 22.3. The summed E-state index contributed by atoms with van der Waals surface area (Å²) in [5, 5.41) is 10.2. The predicted octanol–water partition coefficient (Wildman–Crippen LogP) is 3.39. The second-order valence-electron chi connectivity index (χ2n) is 9.90. The molecule has 0 aliphatic carbocycles. The molecule has 3 aromatic rings. The Balaban J connectivity index is 1.32. The normalized spacial score (nSPS) is 18.3. The fraction of sp³-hybridized carbons (Fsp3) is 0.414. The van der Waals surface area contributed by atoms with Gasteiger partial charge in [-0.15, -0.1) is 0 Å². The molecule has 0 spiro atoms. The van der Waals surface area contributed by atoms with Crippen LogP contribution < -0.4 is 0 Å². The molecule has 1 aromatic heterocycles. The van der Waals surface area contributed by atoms with Gasteiger partial charge in [0.05, 0.1) is 49.5 Å². The van der Waals surface area contributed by atoms with E-state index in [2.05, 4.69) is 25.4 Å². The number of nitrogens with zero attached hydrogens (tertiary/aromatic N) is 6. The molecule has 2 aromatic carbocycles. The lowest BCUT2D eigenvalue weighted by atomic mass is 10.1. The first-order chi connectivity index (χ1) is 18.6. The van der Waals surface area contributed by atoms with Crippen molar-refractivity contribution in [3.05, 3.63) is 88.5 Å². The molecule has 2 saturated heterocycles. The minimum atomic E-state index is -0.190. The molecule has 1 amide bonds. The molecule has 1 atom stereocenters. The molecule has 0 bridgehead atoms. The van der Waals surface area contributed by atoms with E-state index in [9.17, 15) is 10.1 Å². The van der Waals surface area contributed by atoms with E-state index in [1.165, 1.54) is 0 Å². The molecule has 198 valence electrons. The summed E-state index contributed by atoms with van der Waals surface area (Å²) < 4.78 is 7.60. The Hall–Kier alpha value is -3.22. The van der Waals surface area contributed by atoms with Crippen molar-refractivity contribution in [2.75, 3.05) is 45.9 Å². The maximum Gasteiger partial charge on any atom is 0.240 e.